The van der Waals surface area contributed by atoms with Crippen LogP contribution in [-0.4, -0.2) is 5.97 Å². The first-order valence-corrected chi connectivity index (χ1v) is 7.87. The van der Waals surface area contributed by atoms with Gasteiger partial charge in [-0.15, -0.1) is 0 Å². The summed E-state index contributed by atoms with van der Waals surface area (Å²) < 4.78 is 10.7. The second kappa shape index (κ2) is 4.97. The van der Waals surface area contributed by atoms with E-state index in [2.05, 4.69) is 6.07 Å². The number of rotatable bonds is 3. The third-order valence-electron chi connectivity index (χ3n) is 4.82. The predicted molar refractivity (Wildman–Crippen MR) is 81.6 cm³/mol. The highest BCUT2D eigenvalue weighted by Crippen LogP contribution is 2.39. The molecule has 1 aromatic carbocycles. The summed E-state index contributed by atoms with van der Waals surface area (Å²) in [5.41, 5.74) is 3.51. The van der Waals surface area contributed by atoms with Gasteiger partial charge < -0.3 is 9.15 Å². The van der Waals surface area contributed by atoms with Crippen molar-refractivity contribution in [3.63, 3.8) is 0 Å². The molecule has 0 radical (unpaired) electrons. The van der Waals surface area contributed by atoms with Gasteiger partial charge in [0.2, 0.25) is 0 Å². The third kappa shape index (κ3) is 2.32. The van der Waals surface area contributed by atoms with E-state index in [1.807, 2.05) is 13.0 Å². The molecule has 1 saturated carbocycles. The Morgan fingerprint density at radius 3 is 2.73 bits per heavy atom. The largest absolute Gasteiger partial charge is 0.461 e. The highest BCUT2D eigenvalue weighted by atomic mass is 16.5. The summed E-state index contributed by atoms with van der Waals surface area (Å²) in [6, 6.07) is 5.49. The van der Waals surface area contributed by atoms with Crippen molar-refractivity contribution < 1.29 is 13.9 Å². The first-order valence-electron chi connectivity index (χ1n) is 7.87. The molecule has 0 aliphatic heterocycles. The number of esters is 1. The molecule has 1 heterocycles. The van der Waals surface area contributed by atoms with Gasteiger partial charge >= 0.3 is 11.6 Å². The molecule has 2 aromatic rings. The molecule has 22 heavy (non-hydrogen) atoms. The molecule has 0 spiro atoms. The minimum atomic E-state index is -0.392. The van der Waals surface area contributed by atoms with E-state index in [0.717, 1.165) is 36.6 Å². The lowest BCUT2D eigenvalue weighted by atomic mass is 10.0. The lowest BCUT2D eigenvalue weighted by molar-refractivity contribution is -0.146. The Bertz CT molecular complexity index is 818. The number of benzene rings is 1. The molecule has 0 saturated heterocycles. The van der Waals surface area contributed by atoms with Crippen LogP contribution < -0.4 is 5.63 Å². The molecule has 0 unspecified atom stereocenters. The van der Waals surface area contributed by atoms with E-state index >= 15 is 0 Å². The van der Waals surface area contributed by atoms with E-state index in [-0.39, 0.29) is 18.5 Å². The van der Waals surface area contributed by atoms with Gasteiger partial charge in [-0.05, 0) is 54.9 Å². The van der Waals surface area contributed by atoms with Crippen molar-refractivity contribution in [2.45, 2.75) is 39.2 Å². The molecule has 4 rings (SSSR count). The number of aryl methyl sites for hydroxylation is 2. The molecular weight excluding hydrogens is 280 g/mol. The number of carbonyl (C=O) groups excluding carboxylic acids is 1. The van der Waals surface area contributed by atoms with Crippen molar-refractivity contribution in [2.24, 2.45) is 11.8 Å². The highest BCUT2D eigenvalue weighted by molar-refractivity contribution is 5.82. The summed E-state index contributed by atoms with van der Waals surface area (Å²) in [5.74, 6) is 0.305. The summed E-state index contributed by atoms with van der Waals surface area (Å²) >= 11 is 0. The number of fused-ring (bicyclic) bond motifs is 2. The molecule has 1 aromatic heterocycles. The van der Waals surface area contributed by atoms with Crippen LogP contribution in [0.15, 0.2) is 27.4 Å². The maximum atomic E-state index is 11.9. The first kappa shape index (κ1) is 13.6. The highest BCUT2D eigenvalue weighted by Gasteiger charge is 2.40. The number of hydrogen-bond acceptors (Lipinski definition) is 4. The van der Waals surface area contributed by atoms with Crippen LogP contribution in [-0.2, 0) is 29.0 Å². The van der Waals surface area contributed by atoms with Crippen LogP contribution in [0.2, 0.25) is 0 Å². The van der Waals surface area contributed by atoms with E-state index in [1.54, 1.807) is 0 Å². The molecule has 0 amide bonds. The average molecular weight is 298 g/mol. The zero-order valence-corrected chi connectivity index (χ0v) is 12.6. The zero-order chi connectivity index (χ0) is 15.3. The normalized spacial score (nSPS) is 22.6. The molecule has 0 bridgehead atoms. The van der Waals surface area contributed by atoms with Gasteiger partial charge in [-0.3, -0.25) is 4.79 Å². The molecule has 2 aliphatic carbocycles. The van der Waals surface area contributed by atoms with E-state index in [1.165, 1.54) is 17.2 Å². The van der Waals surface area contributed by atoms with E-state index in [0.29, 0.717) is 11.5 Å². The molecule has 2 atom stereocenters. The minimum absolute atomic E-state index is 0.0376. The fourth-order valence-electron chi connectivity index (χ4n) is 3.32. The fraction of sp³-hybridized carbons (Fsp3) is 0.444. The van der Waals surface area contributed by atoms with E-state index in [9.17, 15) is 9.59 Å². The van der Waals surface area contributed by atoms with Gasteiger partial charge in [0.15, 0.2) is 0 Å². The second-order valence-corrected chi connectivity index (χ2v) is 6.49. The van der Waals surface area contributed by atoms with Crippen molar-refractivity contribution >= 4 is 16.9 Å². The van der Waals surface area contributed by atoms with Crippen molar-refractivity contribution in [3.05, 3.63) is 45.3 Å². The third-order valence-corrected chi connectivity index (χ3v) is 4.82. The Morgan fingerprint density at radius 1 is 1.27 bits per heavy atom. The molecule has 4 heteroatoms. The maximum Gasteiger partial charge on any atom is 0.336 e. The van der Waals surface area contributed by atoms with Gasteiger partial charge in [-0.1, -0.05) is 6.92 Å². The quantitative estimate of drug-likeness (QED) is 0.645. The molecular formula is C18H18O4. The second-order valence-electron chi connectivity index (χ2n) is 6.49. The smallest absolute Gasteiger partial charge is 0.336 e. The Morgan fingerprint density at radius 2 is 2.00 bits per heavy atom. The Kier molecular flexibility index (Phi) is 3.06. The van der Waals surface area contributed by atoms with Crippen LogP contribution in [0.5, 0.6) is 0 Å². The number of carbonyl (C=O) groups is 1. The average Bonchev–Trinajstić information content (AvgIpc) is 3.05. The van der Waals surface area contributed by atoms with E-state index < -0.39 is 5.63 Å². The van der Waals surface area contributed by atoms with Gasteiger partial charge in [0, 0.05) is 17.0 Å². The number of ether oxygens (including phenoxy) is 1. The number of hydrogen-bond donors (Lipinski definition) is 0. The summed E-state index contributed by atoms with van der Waals surface area (Å²) in [6.45, 7) is 2.19. The predicted octanol–water partition coefficient (Wildman–Crippen LogP) is 2.98. The SMILES string of the molecule is C[C@H]1C[C@H]1C(=O)OCc1cc(=O)oc2cc3c(cc12)CCC3. The summed E-state index contributed by atoms with van der Waals surface area (Å²) in [6.07, 6.45) is 4.14. The minimum Gasteiger partial charge on any atom is -0.461 e. The summed E-state index contributed by atoms with van der Waals surface area (Å²) in [4.78, 5) is 23.6. The van der Waals surface area contributed by atoms with Crippen molar-refractivity contribution in [2.75, 3.05) is 0 Å². The Hall–Kier alpha value is -2.10. The first-order chi connectivity index (χ1) is 10.6. The van der Waals surface area contributed by atoms with Crippen molar-refractivity contribution in [1.82, 2.24) is 0 Å². The van der Waals surface area contributed by atoms with Gasteiger partial charge in [-0.2, -0.15) is 0 Å². The van der Waals surface area contributed by atoms with E-state index in [4.69, 9.17) is 9.15 Å². The lowest BCUT2D eigenvalue weighted by Gasteiger charge is -2.09. The molecule has 114 valence electrons. The molecule has 0 N–H and O–H groups in total. The standard InChI is InChI=1S/C18H18O4/c1-10-5-14(10)18(20)21-9-13-8-17(19)22-16-7-12-4-2-3-11(12)6-15(13)16/h6-8,10,14H,2-5,9H2,1H3/t10-,14+/m0/s1. The van der Waals surface area contributed by atoms with Crippen molar-refractivity contribution in [1.29, 1.82) is 0 Å². The summed E-state index contributed by atoms with van der Waals surface area (Å²) in [7, 11) is 0. The molecule has 1 fully saturated rings. The Balaban J connectivity index is 1.67. The monoisotopic (exact) mass is 298 g/mol. The maximum absolute atomic E-state index is 11.9. The summed E-state index contributed by atoms with van der Waals surface area (Å²) in [5, 5.41) is 0.886. The lowest BCUT2D eigenvalue weighted by Crippen LogP contribution is -2.10. The van der Waals surface area contributed by atoms with Gasteiger partial charge in [0.1, 0.15) is 12.2 Å². The van der Waals surface area contributed by atoms with Crippen LogP contribution in [0.1, 0.15) is 36.5 Å². The molecule has 2 aliphatic rings. The van der Waals surface area contributed by atoms with Crippen LogP contribution in [0, 0.1) is 11.8 Å². The van der Waals surface area contributed by atoms with Gasteiger partial charge in [0.05, 0.1) is 5.92 Å². The van der Waals surface area contributed by atoms with Crippen LogP contribution >= 0.6 is 0 Å². The topological polar surface area (TPSA) is 56.5 Å². The van der Waals surface area contributed by atoms with Crippen LogP contribution in [0.3, 0.4) is 0 Å². The van der Waals surface area contributed by atoms with Crippen LogP contribution in [0.25, 0.3) is 11.0 Å². The van der Waals surface area contributed by atoms with Gasteiger partial charge in [-0.25, -0.2) is 4.79 Å². The van der Waals surface area contributed by atoms with Crippen molar-refractivity contribution in [3.8, 4) is 0 Å². The molecule has 4 nitrogen and oxygen atoms in total. The van der Waals surface area contributed by atoms with Crippen LogP contribution in [0.4, 0.5) is 0 Å². The fourth-order valence-corrected chi connectivity index (χ4v) is 3.32. The zero-order valence-electron chi connectivity index (χ0n) is 12.6. The Labute approximate surface area is 128 Å². The van der Waals surface area contributed by atoms with Gasteiger partial charge in [0.25, 0.3) is 0 Å².